The summed E-state index contributed by atoms with van der Waals surface area (Å²) < 4.78 is 43.9. The van der Waals surface area contributed by atoms with Crippen LogP contribution in [0.2, 0.25) is 10.0 Å². The first kappa shape index (κ1) is 16.1. The first-order valence-electron chi connectivity index (χ1n) is 5.45. The number of nitrogens with zero attached hydrogens (tertiary/aromatic N) is 2. The van der Waals surface area contributed by atoms with Gasteiger partial charge in [0.25, 0.3) is 0 Å². The minimum absolute atomic E-state index is 0.198. The number of fused-ring (bicyclic) bond motifs is 1. The molecule has 1 aromatic heterocycles. The lowest BCUT2D eigenvalue weighted by atomic mass is 10.2. The minimum Gasteiger partial charge on any atom is -0.373 e. The molecule has 2 N–H and O–H groups in total. The SMILES string of the molecule is O=C(CNc1c(Cl)cc(Cl)c2nsnc12)NCC(F)(F)F. The molecule has 0 atom stereocenters. The predicted molar refractivity (Wildman–Crippen MR) is 75.0 cm³/mol. The molecule has 0 aliphatic carbocycles. The summed E-state index contributed by atoms with van der Waals surface area (Å²) in [6, 6.07) is 1.42. The Morgan fingerprint density at radius 3 is 2.57 bits per heavy atom. The van der Waals surface area contributed by atoms with E-state index in [1.54, 1.807) is 5.32 Å². The Hall–Kier alpha value is -1.32. The van der Waals surface area contributed by atoms with Gasteiger partial charge in [0.1, 0.15) is 17.6 Å². The summed E-state index contributed by atoms with van der Waals surface area (Å²) in [6.45, 7) is -1.78. The number of carbonyl (C=O) groups is 1. The van der Waals surface area contributed by atoms with Crippen LogP contribution in [0.25, 0.3) is 11.0 Å². The Labute approximate surface area is 130 Å². The number of aromatic nitrogens is 2. The summed E-state index contributed by atoms with van der Waals surface area (Å²) in [4.78, 5) is 11.3. The third kappa shape index (κ3) is 4.08. The lowest BCUT2D eigenvalue weighted by Gasteiger charge is -2.11. The van der Waals surface area contributed by atoms with E-state index in [0.717, 1.165) is 11.7 Å². The molecule has 0 aliphatic heterocycles. The van der Waals surface area contributed by atoms with Gasteiger partial charge in [-0.1, -0.05) is 23.2 Å². The second kappa shape index (κ2) is 6.20. The summed E-state index contributed by atoms with van der Waals surface area (Å²) in [6.07, 6.45) is -4.46. The van der Waals surface area contributed by atoms with Crippen molar-refractivity contribution in [2.45, 2.75) is 6.18 Å². The van der Waals surface area contributed by atoms with Crippen LogP contribution in [0.15, 0.2) is 6.07 Å². The van der Waals surface area contributed by atoms with Crippen molar-refractivity contribution in [3.8, 4) is 0 Å². The molecule has 1 heterocycles. The molecule has 1 amide bonds. The molecule has 5 nitrogen and oxygen atoms in total. The van der Waals surface area contributed by atoms with Crippen molar-refractivity contribution < 1.29 is 18.0 Å². The van der Waals surface area contributed by atoms with Gasteiger partial charge in [0, 0.05) is 0 Å². The van der Waals surface area contributed by atoms with E-state index in [1.165, 1.54) is 6.07 Å². The van der Waals surface area contributed by atoms with Gasteiger partial charge in [-0.2, -0.15) is 21.9 Å². The zero-order valence-corrected chi connectivity index (χ0v) is 12.4. The third-order valence-corrected chi connectivity index (χ3v) is 3.47. The second-order valence-corrected chi connectivity index (χ2v) is 5.26. The number of rotatable bonds is 4. The number of anilines is 1. The molecule has 0 bridgehead atoms. The van der Waals surface area contributed by atoms with Gasteiger partial charge in [0.05, 0.1) is 34.0 Å². The Bertz CT molecular complexity index is 676. The highest BCUT2D eigenvalue weighted by molar-refractivity contribution is 7.00. The van der Waals surface area contributed by atoms with Crippen molar-refractivity contribution in [3.05, 3.63) is 16.1 Å². The van der Waals surface area contributed by atoms with E-state index in [-0.39, 0.29) is 11.6 Å². The maximum Gasteiger partial charge on any atom is 0.405 e. The molecular formula is C10H7Cl2F3N4OS. The van der Waals surface area contributed by atoms with E-state index in [2.05, 4.69) is 14.1 Å². The first-order valence-corrected chi connectivity index (χ1v) is 6.94. The topological polar surface area (TPSA) is 66.9 Å². The standard InChI is InChI=1S/C10H7Cl2F3N4OS/c11-4-1-5(12)8-9(19-21-18-8)7(4)16-2-6(20)17-3-10(13,14)15/h1,16H,2-3H2,(H,17,20). The summed E-state index contributed by atoms with van der Waals surface area (Å²) in [7, 11) is 0. The van der Waals surface area contributed by atoms with Crippen molar-refractivity contribution >= 4 is 57.6 Å². The van der Waals surface area contributed by atoms with Crippen LogP contribution in [0.3, 0.4) is 0 Å². The molecule has 2 aromatic rings. The maximum absolute atomic E-state index is 12.0. The Morgan fingerprint density at radius 1 is 1.24 bits per heavy atom. The molecule has 114 valence electrons. The molecule has 0 saturated carbocycles. The van der Waals surface area contributed by atoms with E-state index in [1.807, 2.05) is 0 Å². The normalized spacial score (nSPS) is 11.7. The number of hydrogen-bond donors (Lipinski definition) is 2. The van der Waals surface area contributed by atoms with Crippen molar-refractivity contribution in [3.63, 3.8) is 0 Å². The average molecular weight is 359 g/mol. The molecule has 0 aliphatic rings. The van der Waals surface area contributed by atoms with Crippen LogP contribution in [0.5, 0.6) is 0 Å². The first-order chi connectivity index (χ1) is 9.78. The summed E-state index contributed by atoms with van der Waals surface area (Å²) in [5.74, 6) is -0.824. The molecule has 1 aromatic carbocycles. The van der Waals surface area contributed by atoms with Gasteiger partial charge in [0.15, 0.2) is 0 Å². The van der Waals surface area contributed by atoms with Crippen LogP contribution in [0.4, 0.5) is 18.9 Å². The monoisotopic (exact) mass is 358 g/mol. The van der Waals surface area contributed by atoms with Gasteiger partial charge >= 0.3 is 6.18 Å². The zero-order valence-electron chi connectivity index (χ0n) is 10.1. The van der Waals surface area contributed by atoms with Crippen molar-refractivity contribution in [2.24, 2.45) is 0 Å². The third-order valence-electron chi connectivity index (χ3n) is 2.36. The summed E-state index contributed by atoms with van der Waals surface area (Å²) >= 11 is 12.8. The Kier molecular flexibility index (Phi) is 4.74. The predicted octanol–water partition coefficient (Wildman–Crippen LogP) is 3.09. The van der Waals surface area contributed by atoms with E-state index in [4.69, 9.17) is 23.2 Å². The highest BCUT2D eigenvalue weighted by Crippen LogP contribution is 2.34. The minimum atomic E-state index is -4.46. The highest BCUT2D eigenvalue weighted by atomic mass is 35.5. The van der Waals surface area contributed by atoms with Gasteiger partial charge < -0.3 is 10.6 Å². The smallest absolute Gasteiger partial charge is 0.373 e. The molecular weight excluding hydrogens is 352 g/mol. The molecule has 0 unspecified atom stereocenters. The molecule has 0 fully saturated rings. The van der Waals surface area contributed by atoms with E-state index < -0.39 is 18.6 Å². The largest absolute Gasteiger partial charge is 0.405 e. The number of amides is 1. The number of alkyl halides is 3. The van der Waals surface area contributed by atoms with E-state index in [0.29, 0.717) is 21.7 Å². The Balaban J connectivity index is 2.07. The number of hydrogen-bond acceptors (Lipinski definition) is 5. The van der Waals surface area contributed by atoms with Gasteiger partial charge in [-0.25, -0.2) is 0 Å². The van der Waals surface area contributed by atoms with Crippen LogP contribution in [-0.4, -0.2) is 33.9 Å². The van der Waals surface area contributed by atoms with E-state index in [9.17, 15) is 18.0 Å². The van der Waals surface area contributed by atoms with Gasteiger partial charge in [-0.3, -0.25) is 4.79 Å². The van der Waals surface area contributed by atoms with Crippen LogP contribution >= 0.6 is 34.9 Å². The fourth-order valence-corrected chi connectivity index (χ4v) is 2.65. The fourth-order valence-electron chi connectivity index (χ4n) is 1.47. The number of benzene rings is 1. The van der Waals surface area contributed by atoms with Crippen LogP contribution < -0.4 is 10.6 Å². The lowest BCUT2D eigenvalue weighted by molar-refractivity contribution is -0.137. The van der Waals surface area contributed by atoms with Gasteiger partial charge in [0.2, 0.25) is 5.91 Å². The highest BCUT2D eigenvalue weighted by Gasteiger charge is 2.27. The summed E-state index contributed by atoms with van der Waals surface area (Å²) in [5, 5.41) is 4.88. The molecule has 21 heavy (non-hydrogen) atoms. The van der Waals surface area contributed by atoms with Gasteiger partial charge in [-0.15, -0.1) is 0 Å². The van der Waals surface area contributed by atoms with Crippen molar-refractivity contribution in [2.75, 3.05) is 18.4 Å². The molecule has 11 heteroatoms. The van der Waals surface area contributed by atoms with Crippen LogP contribution in [-0.2, 0) is 4.79 Å². The second-order valence-electron chi connectivity index (χ2n) is 3.92. The fraction of sp³-hybridized carbons (Fsp3) is 0.300. The number of halogens is 5. The van der Waals surface area contributed by atoms with E-state index >= 15 is 0 Å². The van der Waals surface area contributed by atoms with Gasteiger partial charge in [-0.05, 0) is 6.07 Å². The Morgan fingerprint density at radius 2 is 1.90 bits per heavy atom. The average Bonchev–Trinajstić information content (AvgIpc) is 2.84. The summed E-state index contributed by atoms with van der Waals surface area (Å²) in [5.41, 5.74) is 1.07. The molecule has 0 saturated heterocycles. The quantitative estimate of drug-likeness (QED) is 0.881. The zero-order chi connectivity index (χ0) is 15.6. The van der Waals surface area contributed by atoms with Crippen molar-refractivity contribution in [1.29, 1.82) is 0 Å². The molecule has 0 radical (unpaired) electrons. The number of carbonyl (C=O) groups excluding carboxylic acids is 1. The number of nitrogens with one attached hydrogen (secondary N) is 2. The molecule has 0 spiro atoms. The van der Waals surface area contributed by atoms with Crippen molar-refractivity contribution in [1.82, 2.24) is 14.1 Å². The maximum atomic E-state index is 12.0. The molecule has 2 rings (SSSR count). The van der Waals surface area contributed by atoms with Crippen LogP contribution in [0.1, 0.15) is 0 Å². The van der Waals surface area contributed by atoms with Crippen LogP contribution in [0, 0.1) is 0 Å². The lowest BCUT2D eigenvalue weighted by Crippen LogP contribution is -2.37.